The Labute approximate surface area is 170 Å². The van der Waals surface area contributed by atoms with E-state index in [0.717, 1.165) is 18.4 Å². The standard InChI is InChI=1S/C21H26ClN3O3/c1-3-4-5-6-12-28-19-11-10-16(13-20(19)27-2)15-23-25-21(26)24-18-9-7-8-17(22)14-18/h7-11,13-15H,3-6,12H2,1-2H3,(H2,24,25,26)/b23-15-. The Balaban J connectivity index is 1.86. The van der Waals surface area contributed by atoms with Gasteiger partial charge in [-0.2, -0.15) is 5.10 Å². The van der Waals surface area contributed by atoms with Gasteiger partial charge in [0, 0.05) is 10.7 Å². The summed E-state index contributed by atoms with van der Waals surface area (Å²) >= 11 is 5.88. The van der Waals surface area contributed by atoms with Crippen LogP contribution in [0, 0.1) is 0 Å². The van der Waals surface area contributed by atoms with Crippen molar-refractivity contribution in [1.82, 2.24) is 5.43 Å². The molecule has 150 valence electrons. The molecule has 0 saturated carbocycles. The van der Waals surface area contributed by atoms with E-state index in [0.29, 0.717) is 28.8 Å². The Bertz CT molecular complexity index is 796. The predicted octanol–water partition coefficient (Wildman–Crippen LogP) is 5.46. The lowest BCUT2D eigenvalue weighted by atomic mass is 10.2. The van der Waals surface area contributed by atoms with Gasteiger partial charge in [0.1, 0.15) is 0 Å². The molecule has 2 rings (SSSR count). The molecule has 0 aromatic heterocycles. The first-order valence-electron chi connectivity index (χ1n) is 9.29. The Kier molecular flexibility index (Phi) is 9.15. The van der Waals surface area contributed by atoms with Gasteiger partial charge in [0.15, 0.2) is 11.5 Å². The average molecular weight is 404 g/mol. The molecule has 2 aromatic carbocycles. The number of nitrogens with zero attached hydrogens (tertiary/aromatic N) is 1. The summed E-state index contributed by atoms with van der Waals surface area (Å²) in [6.45, 7) is 2.84. The minimum atomic E-state index is -0.461. The second-order valence-electron chi connectivity index (χ2n) is 6.15. The van der Waals surface area contributed by atoms with Gasteiger partial charge in [-0.1, -0.05) is 43.9 Å². The number of carbonyl (C=O) groups is 1. The smallest absolute Gasteiger partial charge is 0.339 e. The maximum absolute atomic E-state index is 11.9. The first kappa shape index (κ1) is 21.6. The number of ether oxygens (including phenoxy) is 2. The van der Waals surface area contributed by atoms with E-state index in [4.69, 9.17) is 21.1 Å². The lowest BCUT2D eigenvalue weighted by Crippen LogP contribution is -2.24. The lowest BCUT2D eigenvalue weighted by molar-refractivity contribution is 0.252. The van der Waals surface area contributed by atoms with Gasteiger partial charge in [0.2, 0.25) is 0 Å². The Morgan fingerprint density at radius 3 is 2.75 bits per heavy atom. The number of methoxy groups -OCH3 is 1. The van der Waals surface area contributed by atoms with Crippen LogP contribution >= 0.6 is 11.6 Å². The number of hydrogen-bond acceptors (Lipinski definition) is 4. The van der Waals surface area contributed by atoms with Crippen LogP contribution in [0.2, 0.25) is 5.02 Å². The number of halogens is 1. The Hall–Kier alpha value is -2.73. The van der Waals surface area contributed by atoms with Crippen LogP contribution in [-0.2, 0) is 0 Å². The second kappa shape index (κ2) is 11.9. The van der Waals surface area contributed by atoms with Gasteiger partial charge in [-0.15, -0.1) is 0 Å². The summed E-state index contributed by atoms with van der Waals surface area (Å²) < 4.78 is 11.2. The van der Waals surface area contributed by atoms with E-state index >= 15 is 0 Å². The summed E-state index contributed by atoms with van der Waals surface area (Å²) in [7, 11) is 1.59. The highest BCUT2D eigenvalue weighted by Gasteiger charge is 2.05. The molecule has 0 saturated heterocycles. The van der Waals surface area contributed by atoms with Crippen LogP contribution in [0.3, 0.4) is 0 Å². The van der Waals surface area contributed by atoms with Crippen molar-refractivity contribution in [3.8, 4) is 11.5 Å². The summed E-state index contributed by atoms with van der Waals surface area (Å²) in [6.07, 6.45) is 6.12. The number of benzene rings is 2. The van der Waals surface area contributed by atoms with E-state index in [9.17, 15) is 4.79 Å². The number of hydrogen-bond donors (Lipinski definition) is 2. The quantitative estimate of drug-likeness (QED) is 0.314. The zero-order valence-electron chi connectivity index (χ0n) is 16.2. The highest BCUT2D eigenvalue weighted by molar-refractivity contribution is 6.30. The predicted molar refractivity (Wildman–Crippen MR) is 114 cm³/mol. The molecule has 0 aliphatic rings. The Morgan fingerprint density at radius 2 is 2.00 bits per heavy atom. The first-order chi connectivity index (χ1) is 13.6. The number of carbonyl (C=O) groups excluding carboxylic acids is 1. The van der Waals surface area contributed by atoms with Crippen molar-refractivity contribution < 1.29 is 14.3 Å². The molecule has 0 spiro atoms. The zero-order valence-corrected chi connectivity index (χ0v) is 17.0. The molecule has 6 nitrogen and oxygen atoms in total. The molecule has 0 unspecified atom stereocenters. The molecule has 2 N–H and O–H groups in total. The molecule has 0 radical (unpaired) electrons. The van der Waals surface area contributed by atoms with Gasteiger partial charge in [-0.3, -0.25) is 0 Å². The van der Waals surface area contributed by atoms with Crippen molar-refractivity contribution >= 4 is 29.5 Å². The van der Waals surface area contributed by atoms with Crippen molar-refractivity contribution in [2.75, 3.05) is 19.0 Å². The highest BCUT2D eigenvalue weighted by Crippen LogP contribution is 2.27. The number of anilines is 1. The third kappa shape index (κ3) is 7.48. The summed E-state index contributed by atoms with van der Waals surface area (Å²) in [6, 6.07) is 11.9. The van der Waals surface area contributed by atoms with Gasteiger partial charge >= 0.3 is 6.03 Å². The maximum Gasteiger partial charge on any atom is 0.339 e. The largest absolute Gasteiger partial charge is 0.493 e. The normalized spacial score (nSPS) is 10.7. The van der Waals surface area contributed by atoms with Crippen LogP contribution in [0.4, 0.5) is 10.5 Å². The van der Waals surface area contributed by atoms with Crippen molar-refractivity contribution in [2.45, 2.75) is 32.6 Å². The molecule has 0 aliphatic carbocycles. The number of urea groups is 1. The maximum atomic E-state index is 11.9. The van der Waals surface area contributed by atoms with Gasteiger partial charge in [-0.05, 0) is 48.4 Å². The fourth-order valence-electron chi connectivity index (χ4n) is 2.49. The molecule has 0 bridgehead atoms. The van der Waals surface area contributed by atoms with Crippen LogP contribution in [0.5, 0.6) is 11.5 Å². The van der Waals surface area contributed by atoms with Crippen molar-refractivity contribution in [3.63, 3.8) is 0 Å². The van der Waals surface area contributed by atoms with Crippen molar-refractivity contribution in [2.24, 2.45) is 5.10 Å². The fourth-order valence-corrected chi connectivity index (χ4v) is 2.68. The van der Waals surface area contributed by atoms with E-state index in [1.54, 1.807) is 37.4 Å². The molecular formula is C21H26ClN3O3. The summed E-state index contributed by atoms with van der Waals surface area (Å²) in [5, 5.41) is 7.13. The van der Waals surface area contributed by atoms with E-state index in [1.165, 1.54) is 19.1 Å². The number of hydrazone groups is 1. The van der Waals surface area contributed by atoms with Crippen LogP contribution in [0.25, 0.3) is 0 Å². The topological polar surface area (TPSA) is 72.0 Å². The zero-order chi connectivity index (χ0) is 20.2. The van der Waals surface area contributed by atoms with E-state index in [-0.39, 0.29) is 0 Å². The van der Waals surface area contributed by atoms with Crippen LogP contribution < -0.4 is 20.2 Å². The van der Waals surface area contributed by atoms with Gasteiger partial charge in [0.05, 0.1) is 19.9 Å². The van der Waals surface area contributed by atoms with Gasteiger partial charge in [-0.25, -0.2) is 10.2 Å². The van der Waals surface area contributed by atoms with Crippen LogP contribution in [0.15, 0.2) is 47.6 Å². The monoisotopic (exact) mass is 403 g/mol. The fraction of sp³-hybridized carbons (Fsp3) is 0.333. The molecule has 2 aromatic rings. The molecular weight excluding hydrogens is 378 g/mol. The molecule has 0 heterocycles. The Morgan fingerprint density at radius 1 is 1.14 bits per heavy atom. The van der Waals surface area contributed by atoms with E-state index < -0.39 is 6.03 Å². The first-order valence-corrected chi connectivity index (χ1v) is 9.66. The minimum absolute atomic E-state index is 0.461. The van der Waals surface area contributed by atoms with Crippen molar-refractivity contribution in [3.05, 3.63) is 53.1 Å². The molecule has 0 atom stereocenters. The summed E-state index contributed by atoms with van der Waals surface area (Å²) in [5.74, 6) is 1.32. The number of unbranched alkanes of at least 4 members (excludes halogenated alkanes) is 3. The van der Waals surface area contributed by atoms with Crippen LogP contribution in [-0.4, -0.2) is 26.0 Å². The SMILES string of the molecule is CCCCCCOc1ccc(/C=N\NC(=O)Nc2cccc(Cl)c2)cc1OC. The third-order valence-corrected chi connectivity index (χ3v) is 4.14. The summed E-state index contributed by atoms with van der Waals surface area (Å²) in [5.41, 5.74) is 3.77. The van der Waals surface area contributed by atoms with Gasteiger partial charge in [0.25, 0.3) is 0 Å². The number of rotatable bonds is 10. The molecule has 28 heavy (non-hydrogen) atoms. The lowest BCUT2D eigenvalue weighted by Gasteiger charge is -2.11. The third-order valence-electron chi connectivity index (χ3n) is 3.91. The minimum Gasteiger partial charge on any atom is -0.493 e. The molecule has 2 amide bonds. The molecule has 0 fully saturated rings. The molecule has 0 aliphatic heterocycles. The van der Waals surface area contributed by atoms with Gasteiger partial charge < -0.3 is 14.8 Å². The van der Waals surface area contributed by atoms with E-state index in [2.05, 4.69) is 22.8 Å². The highest BCUT2D eigenvalue weighted by atomic mass is 35.5. The van der Waals surface area contributed by atoms with Crippen LogP contribution in [0.1, 0.15) is 38.2 Å². The summed E-state index contributed by atoms with van der Waals surface area (Å²) in [4.78, 5) is 11.9. The number of amides is 2. The number of nitrogens with one attached hydrogen (secondary N) is 2. The van der Waals surface area contributed by atoms with Crippen molar-refractivity contribution in [1.29, 1.82) is 0 Å². The second-order valence-corrected chi connectivity index (χ2v) is 6.59. The average Bonchev–Trinajstić information content (AvgIpc) is 2.68. The van der Waals surface area contributed by atoms with E-state index in [1.807, 2.05) is 12.1 Å². The molecule has 7 heteroatoms.